The van der Waals surface area contributed by atoms with Gasteiger partial charge in [-0.3, -0.25) is 4.68 Å². The fraction of sp³-hybridized carbons (Fsp3) is 0.438. The molecule has 20 heavy (non-hydrogen) atoms. The van der Waals surface area contributed by atoms with Gasteiger partial charge in [0.25, 0.3) is 0 Å². The van der Waals surface area contributed by atoms with E-state index in [-0.39, 0.29) is 6.04 Å². The van der Waals surface area contributed by atoms with Gasteiger partial charge in [-0.15, -0.1) is 0 Å². The van der Waals surface area contributed by atoms with E-state index in [4.69, 9.17) is 4.74 Å². The van der Waals surface area contributed by atoms with E-state index in [1.807, 2.05) is 30.1 Å². The largest absolute Gasteiger partial charge is 0.497 e. The lowest BCUT2D eigenvalue weighted by molar-refractivity contribution is 0.413. The number of aromatic nitrogens is 2. The van der Waals surface area contributed by atoms with Gasteiger partial charge in [0.05, 0.1) is 12.8 Å². The van der Waals surface area contributed by atoms with Gasteiger partial charge in [0.1, 0.15) is 5.75 Å². The third-order valence-corrected chi connectivity index (χ3v) is 3.45. The van der Waals surface area contributed by atoms with Crippen molar-refractivity contribution in [3.63, 3.8) is 0 Å². The summed E-state index contributed by atoms with van der Waals surface area (Å²) in [6.45, 7) is 4.27. The summed E-state index contributed by atoms with van der Waals surface area (Å²) in [5.41, 5.74) is 2.31. The van der Waals surface area contributed by atoms with Crippen LogP contribution in [-0.2, 0) is 6.42 Å². The molecule has 4 heteroatoms. The van der Waals surface area contributed by atoms with Gasteiger partial charge in [-0.25, -0.2) is 0 Å². The molecule has 0 bridgehead atoms. The molecule has 0 spiro atoms. The molecule has 0 aliphatic carbocycles. The minimum Gasteiger partial charge on any atom is -0.497 e. The minimum absolute atomic E-state index is 0.237. The number of rotatable bonds is 6. The summed E-state index contributed by atoms with van der Waals surface area (Å²) in [7, 11) is 3.67. The molecule has 2 aromatic rings. The lowest BCUT2D eigenvalue weighted by atomic mass is 10.0. The molecule has 0 amide bonds. The Morgan fingerprint density at radius 1 is 1.30 bits per heavy atom. The Kier molecular flexibility index (Phi) is 4.79. The highest BCUT2D eigenvalue weighted by molar-refractivity contribution is 5.31. The first kappa shape index (κ1) is 14.6. The van der Waals surface area contributed by atoms with Crippen LogP contribution in [0.15, 0.2) is 36.5 Å². The van der Waals surface area contributed by atoms with E-state index >= 15 is 0 Å². The zero-order valence-electron chi connectivity index (χ0n) is 12.6. The van der Waals surface area contributed by atoms with E-state index in [0.717, 1.165) is 17.9 Å². The Morgan fingerprint density at radius 3 is 2.70 bits per heavy atom. The first-order chi connectivity index (χ1) is 9.63. The molecule has 1 aromatic carbocycles. The van der Waals surface area contributed by atoms with E-state index < -0.39 is 0 Å². The maximum atomic E-state index is 5.29. The van der Waals surface area contributed by atoms with Crippen LogP contribution in [0.5, 0.6) is 5.75 Å². The van der Waals surface area contributed by atoms with Crippen molar-refractivity contribution in [1.82, 2.24) is 15.1 Å². The standard InChI is InChI=1S/C16H23N3O/c1-12(2)19-9-8-14(18-19)11-16(17-3)13-6-5-7-15(10-13)20-4/h5-10,12,16-17H,11H2,1-4H3. The third kappa shape index (κ3) is 3.39. The van der Waals surface area contributed by atoms with E-state index in [2.05, 4.69) is 42.5 Å². The Bertz CT molecular complexity index is 548. The molecule has 1 atom stereocenters. The van der Waals surface area contributed by atoms with Crippen LogP contribution in [0.2, 0.25) is 0 Å². The molecule has 1 N–H and O–H groups in total. The Balaban J connectivity index is 2.15. The topological polar surface area (TPSA) is 39.1 Å². The summed E-state index contributed by atoms with van der Waals surface area (Å²) in [5, 5.41) is 7.96. The summed E-state index contributed by atoms with van der Waals surface area (Å²) in [6, 6.07) is 10.9. The van der Waals surface area contributed by atoms with Gasteiger partial charge in [-0.05, 0) is 44.7 Å². The summed E-state index contributed by atoms with van der Waals surface area (Å²) in [4.78, 5) is 0. The SMILES string of the molecule is CNC(Cc1ccn(C(C)C)n1)c1cccc(OC)c1. The van der Waals surface area contributed by atoms with Gasteiger partial charge in [0.2, 0.25) is 0 Å². The van der Waals surface area contributed by atoms with Gasteiger partial charge in [-0.2, -0.15) is 5.10 Å². The lowest BCUT2D eigenvalue weighted by Crippen LogP contribution is -2.19. The normalized spacial score (nSPS) is 12.7. The molecular weight excluding hydrogens is 250 g/mol. The average Bonchev–Trinajstić information content (AvgIpc) is 2.93. The van der Waals surface area contributed by atoms with Crippen molar-refractivity contribution in [2.75, 3.05) is 14.2 Å². The molecule has 0 fully saturated rings. The molecular formula is C16H23N3O. The molecule has 1 aromatic heterocycles. The Morgan fingerprint density at radius 2 is 2.10 bits per heavy atom. The van der Waals surface area contributed by atoms with Crippen LogP contribution in [0.25, 0.3) is 0 Å². The zero-order chi connectivity index (χ0) is 14.5. The molecule has 0 saturated carbocycles. The van der Waals surface area contributed by atoms with Crippen molar-refractivity contribution in [2.45, 2.75) is 32.4 Å². The minimum atomic E-state index is 0.237. The van der Waals surface area contributed by atoms with E-state index in [1.165, 1.54) is 5.56 Å². The predicted octanol–water partition coefficient (Wildman–Crippen LogP) is 2.98. The maximum absolute atomic E-state index is 5.29. The van der Waals surface area contributed by atoms with Crippen LogP contribution in [0, 0.1) is 0 Å². The number of benzene rings is 1. The van der Waals surface area contributed by atoms with Crippen LogP contribution >= 0.6 is 0 Å². The number of hydrogen-bond acceptors (Lipinski definition) is 3. The molecule has 0 radical (unpaired) electrons. The number of ether oxygens (including phenoxy) is 1. The summed E-state index contributed by atoms with van der Waals surface area (Å²) >= 11 is 0. The van der Waals surface area contributed by atoms with Gasteiger partial charge in [0, 0.05) is 24.7 Å². The van der Waals surface area contributed by atoms with Crippen molar-refractivity contribution in [1.29, 1.82) is 0 Å². The highest BCUT2D eigenvalue weighted by Crippen LogP contribution is 2.22. The van der Waals surface area contributed by atoms with Crippen molar-refractivity contribution in [2.24, 2.45) is 0 Å². The summed E-state index contributed by atoms with van der Waals surface area (Å²) in [5.74, 6) is 0.885. The molecule has 0 saturated heterocycles. The third-order valence-electron chi connectivity index (χ3n) is 3.45. The van der Waals surface area contributed by atoms with Crippen LogP contribution in [0.4, 0.5) is 0 Å². The van der Waals surface area contributed by atoms with Crippen LogP contribution in [0.3, 0.4) is 0 Å². The number of methoxy groups -OCH3 is 1. The van der Waals surface area contributed by atoms with E-state index in [9.17, 15) is 0 Å². The second-order valence-electron chi connectivity index (χ2n) is 5.20. The molecule has 2 rings (SSSR count). The second-order valence-corrected chi connectivity index (χ2v) is 5.20. The lowest BCUT2D eigenvalue weighted by Gasteiger charge is -2.16. The quantitative estimate of drug-likeness (QED) is 0.879. The van der Waals surface area contributed by atoms with Crippen molar-refractivity contribution in [3.8, 4) is 5.75 Å². The smallest absolute Gasteiger partial charge is 0.119 e. The van der Waals surface area contributed by atoms with Crippen molar-refractivity contribution < 1.29 is 4.74 Å². The van der Waals surface area contributed by atoms with Crippen LogP contribution in [0.1, 0.15) is 37.2 Å². The highest BCUT2D eigenvalue weighted by atomic mass is 16.5. The predicted molar refractivity (Wildman–Crippen MR) is 81.1 cm³/mol. The van der Waals surface area contributed by atoms with Gasteiger partial charge in [0.15, 0.2) is 0 Å². The molecule has 1 heterocycles. The first-order valence-electron chi connectivity index (χ1n) is 6.99. The highest BCUT2D eigenvalue weighted by Gasteiger charge is 2.13. The van der Waals surface area contributed by atoms with Crippen molar-refractivity contribution >= 4 is 0 Å². The van der Waals surface area contributed by atoms with Crippen LogP contribution in [-0.4, -0.2) is 23.9 Å². The maximum Gasteiger partial charge on any atom is 0.119 e. The van der Waals surface area contributed by atoms with E-state index in [0.29, 0.717) is 6.04 Å². The number of nitrogens with zero attached hydrogens (tertiary/aromatic N) is 2. The Hall–Kier alpha value is -1.81. The fourth-order valence-electron chi connectivity index (χ4n) is 2.23. The Labute approximate surface area is 120 Å². The molecule has 4 nitrogen and oxygen atoms in total. The second kappa shape index (κ2) is 6.57. The van der Waals surface area contributed by atoms with Crippen molar-refractivity contribution in [3.05, 3.63) is 47.8 Å². The molecule has 1 unspecified atom stereocenters. The number of hydrogen-bond donors (Lipinski definition) is 1. The average molecular weight is 273 g/mol. The monoisotopic (exact) mass is 273 g/mol. The molecule has 0 aliphatic rings. The number of nitrogens with one attached hydrogen (secondary N) is 1. The van der Waals surface area contributed by atoms with Gasteiger partial charge in [-0.1, -0.05) is 12.1 Å². The molecule has 108 valence electrons. The summed E-state index contributed by atoms with van der Waals surface area (Å²) < 4.78 is 7.28. The fourth-order valence-corrected chi connectivity index (χ4v) is 2.23. The van der Waals surface area contributed by atoms with E-state index in [1.54, 1.807) is 7.11 Å². The van der Waals surface area contributed by atoms with Gasteiger partial charge >= 0.3 is 0 Å². The number of likely N-dealkylation sites (N-methyl/N-ethyl adjacent to an activating group) is 1. The zero-order valence-corrected chi connectivity index (χ0v) is 12.6. The van der Waals surface area contributed by atoms with Crippen LogP contribution < -0.4 is 10.1 Å². The first-order valence-corrected chi connectivity index (χ1v) is 6.99. The molecule has 0 aliphatic heterocycles. The van der Waals surface area contributed by atoms with Gasteiger partial charge < -0.3 is 10.1 Å². The summed E-state index contributed by atoms with van der Waals surface area (Å²) in [6.07, 6.45) is 2.90.